The Kier molecular flexibility index (Phi) is 6.70. The molecule has 7 aliphatic rings. The van der Waals surface area contributed by atoms with E-state index >= 15 is 0 Å². The zero-order chi connectivity index (χ0) is 29.9. The van der Waals surface area contributed by atoms with Gasteiger partial charge in [-0.3, -0.25) is 4.79 Å². The molecular weight excluding hydrogens is 530 g/mol. The van der Waals surface area contributed by atoms with E-state index in [1.807, 2.05) is 0 Å². The highest BCUT2D eigenvalue weighted by molar-refractivity contribution is 5.68. The summed E-state index contributed by atoms with van der Waals surface area (Å²) in [5.41, 5.74) is -0.00857. The van der Waals surface area contributed by atoms with Gasteiger partial charge in [0.25, 0.3) is 0 Å². The number of esters is 1. The molecule has 0 bridgehead atoms. The molecule has 0 aromatic rings. The van der Waals surface area contributed by atoms with Crippen LogP contribution in [0.5, 0.6) is 0 Å². The van der Waals surface area contributed by atoms with E-state index in [0.717, 1.165) is 44.4 Å². The molecule has 1 heterocycles. The topological polar surface area (TPSA) is 94.1 Å². The molecule has 6 saturated carbocycles. The van der Waals surface area contributed by atoms with E-state index in [1.165, 1.54) is 51.9 Å². The Bertz CT molecular complexity index is 1110. The minimum absolute atomic E-state index is 0.00289. The van der Waals surface area contributed by atoms with Crippen molar-refractivity contribution in [1.29, 1.82) is 0 Å². The summed E-state index contributed by atoms with van der Waals surface area (Å²) in [6.45, 7) is 12.2. The minimum Gasteiger partial charge on any atom is -0.457 e. The van der Waals surface area contributed by atoms with E-state index in [9.17, 15) is 14.7 Å². The second-order valence-electron chi connectivity index (χ2n) is 17.2. The third kappa shape index (κ3) is 4.17. The summed E-state index contributed by atoms with van der Waals surface area (Å²) in [4.78, 5) is 24.7. The molecule has 0 aromatic carbocycles. The number of carbonyl (C=O) groups excluding carboxylic acids is 2. The first-order chi connectivity index (χ1) is 19.7. The van der Waals surface area contributed by atoms with Crippen molar-refractivity contribution in [1.82, 2.24) is 5.32 Å². The highest BCUT2D eigenvalue weighted by Crippen LogP contribution is 2.87. The summed E-state index contributed by atoms with van der Waals surface area (Å²) < 4.78 is 18.6. The second-order valence-corrected chi connectivity index (χ2v) is 17.2. The van der Waals surface area contributed by atoms with Crippen molar-refractivity contribution in [3.05, 3.63) is 0 Å². The van der Waals surface area contributed by atoms with Crippen LogP contribution in [-0.4, -0.2) is 53.2 Å². The normalized spacial score (nSPS) is 47.7. The Morgan fingerprint density at radius 1 is 0.929 bits per heavy atom. The predicted octanol–water partition coefficient (Wildman–Crippen LogP) is 6.54. The molecule has 0 radical (unpaired) electrons. The maximum Gasteiger partial charge on any atom is 0.407 e. The van der Waals surface area contributed by atoms with Crippen molar-refractivity contribution < 1.29 is 28.9 Å². The molecule has 2 spiro atoms. The SMILES string of the molecule is CC(=O)O[C@@H](C1CCC2C(CC3C4CCC5C(C)(C)[C@@H](OC(=O)NC6CCC6)CCC56C[C@@]46CC[C@]23C)O1)C(C)(C)O. The van der Waals surface area contributed by atoms with Crippen LogP contribution in [0.15, 0.2) is 0 Å². The summed E-state index contributed by atoms with van der Waals surface area (Å²) in [5.74, 6) is 2.20. The van der Waals surface area contributed by atoms with Gasteiger partial charge in [0.2, 0.25) is 0 Å². The smallest absolute Gasteiger partial charge is 0.407 e. The lowest BCUT2D eigenvalue weighted by atomic mass is 9.46. The lowest BCUT2D eigenvalue weighted by Crippen LogP contribution is -2.56. The third-order valence-corrected chi connectivity index (χ3v) is 14.6. The fraction of sp³-hybridized carbons (Fsp3) is 0.943. The maximum atomic E-state index is 12.8. The summed E-state index contributed by atoms with van der Waals surface area (Å²) >= 11 is 0. The fourth-order valence-corrected chi connectivity index (χ4v) is 12.4. The number of carbonyl (C=O) groups is 2. The van der Waals surface area contributed by atoms with Gasteiger partial charge in [0.15, 0.2) is 6.10 Å². The molecule has 7 nitrogen and oxygen atoms in total. The first-order valence-corrected chi connectivity index (χ1v) is 17.2. The number of hydrogen-bond donors (Lipinski definition) is 2. The number of fused-ring (bicyclic) bond motifs is 4. The van der Waals surface area contributed by atoms with Crippen molar-refractivity contribution in [3.63, 3.8) is 0 Å². The lowest BCUT2D eigenvalue weighted by Gasteiger charge is -2.59. The molecular formula is C35H55NO6. The molecule has 2 N–H and O–H groups in total. The molecule has 1 saturated heterocycles. The molecule has 236 valence electrons. The van der Waals surface area contributed by atoms with Crippen molar-refractivity contribution in [2.24, 2.45) is 45.3 Å². The van der Waals surface area contributed by atoms with Gasteiger partial charge in [0.05, 0.1) is 17.8 Å². The number of aliphatic hydroxyl groups is 1. The molecule has 42 heavy (non-hydrogen) atoms. The molecule has 7 fully saturated rings. The van der Waals surface area contributed by atoms with Crippen LogP contribution in [0.3, 0.4) is 0 Å². The van der Waals surface area contributed by atoms with Gasteiger partial charge in [0.1, 0.15) is 6.10 Å². The number of alkyl carbamates (subject to hydrolysis) is 1. The first kappa shape index (κ1) is 29.4. The summed E-state index contributed by atoms with van der Waals surface area (Å²) in [6, 6.07) is 0.311. The van der Waals surface area contributed by atoms with Crippen LogP contribution in [0, 0.1) is 45.3 Å². The van der Waals surface area contributed by atoms with Crippen molar-refractivity contribution in [2.45, 2.75) is 161 Å². The number of nitrogens with one attached hydrogen (secondary N) is 1. The monoisotopic (exact) mass is 585 g/mol. The Morgan fingerprint density at radius 2 is 1.67 bits per heavy atom. The molecule has 1 amide bonds. The van der Waals surface area contributed by atoms with Gasteiger partial charge in [-0.25, -0.2) is 4.79 Å². The average Bonchev–Trinajstić information content (AvgIpc) is 3.46. The van der Waals surface area contributed by atoms with E-state index in [2.05, 4.69) is 26.1 Å². The zero-order valence-corrected chi connectivity index (χ0v) is 26.9. The highest BCUT2D eigenvalue weighted by atomic mass is 16.6. The van der Waals surface area contributed by atoms with Gasteiger partial charge in [-0.15, -0.1) is 0 Å². The van der Waals surface area contributed by atoms with E-state index < -0.39 is 11.7 Å². The predicted molar refractivity (Wildman–Crippen MR) is 158 cm³/mol. The second kappa shape index (κ2) is 9.58. The minimum atomic E-state index is -1.14. The van der Waals surface area contributed by atoms with Gasteiger partial charge in [-0.2, -0.15) is 0 Å². The standard InChI is InChI=1S/C35H55NO6/c1-20(37)40-29(32(4,5)39)25-12-10-23-26(41-25)18-24-22-11-13-27-31(2,3)28(42-30(38)36-21-8-7-9-21)14-15-35(27)19-34(22,35)17-16-33(23,24)6/h21-29,39H,7-19H2,1-6H3,(H,36,38)/t22?,23?,24?,25?,26?,27?,28-,29-,33+,34-,35?/m0/s1. The number of amides is 1. The van der Waals surface area contributed by atoms with E-state index in [0.29, 0.717) is 40.0 Å². The Labute approximate surface area is 252 Å². The van der Waals surface area contributed by atoms with Crippen LogP contribution >= 0.6 is 0 Å². The number of ether oxygens (including phenoxy) is 3. The summed E-state index contributed by atoms with van der Waals surface area (Å²) in [5, 5.41) is 14.0. The highest BCUT2D eigenvalue weighted by Gasteiger charge is 2.81. The van der Waals surface area contributed by atoms with Gasteiger partial charge >= 0.3 is 12.1 Å². The van der Waals surface area contributed by atoms with Crippen molar-refractivity contribution in [2.75, 3.05) is 0 Å². The largest absolute Gasteiger partial charge is 0.457 e. The maximum absolute atomic E-state index is 12.8. The summed E-state index contributed by atoms with van der Waals surface area (Å²) in [7, 11) is 0. The lowest BCUT2D eigenvalue weighted by molar-refractivity contribution is -0.200. The average molecular weight is 586 g/mol. The quantitative estimate of drug-likeness (QED) is 0.356. The van der Waals surface area contributed by atoms with E-state index in [-0.39, 0.29) is 35.8 Å². The van der Waals surface area contributed by atoms with Crippen molar-refractivity contribution >= 4 is 12.1 Å². The van der Waals surface area contributed by atoms with Crippen LogP contribution in [0.4, 0.5) is 4.79 Å². The van der Waals surface area contributed by atoms with Gasteiger partial charge < -0.3 is 24.6 Å². The molecule has 7 rings (SSSR count). The number of rotatable bonds is 5. The van der Waals surface area contributed by atoms with Crippen LogP contribution < -0.4 is 5.32 Å². The van der Waals surface area contributed by atoms with Crippen LogP contribution in [0.25, 0.3) is 0 Å². The van der Waals surface area contributed by atoms with Gasteiger partial charge in [-0.1, -0.05) is 20.8 Å². The molecule has 11 atom stereocenters. The van der Waals surface area contributed by atoms with Crippen LogP contribution in [-0.2, 0) is 19.0 Å². The van der Waals surface area contributed by atoms with Crippen LogP contribution in [0.2, 0.25) is 0 Å². The Balaban J connectivity index is 1.07. The zero-order valence-electron chi connectivity index (χ0n) is 26.9. The van der Waals surface area contributed by atoms with Gasteiger partial charge in [0, 0.05) is 18.4 Å². The summed E-state index contributed by atoms with van der Waals surface area (Å²) in [6.07, 6.45) is 14.1. The third-order valence-electron chi connectivity index (χ3n) is 14.6. The Morgan fingerprint density at radius 3 is 2.33 bits per heavy atom. The van der Waals surface area contributed by atoms with E-state index in [1.54, 1.807) is 13.8 Å². The molecule has 6 aliphatic carbocycles. The first-order valence-electron chi connectivity index (χ1n) is 17.2. The molecule has 7 heteroatoms. The Hall–Kier alpha value is -1.34. The van der Waals surface area contributed by atoms with E-state index in [4.69, 9.17) is 14.2 Å². The number of hydrogen-bond acceptors (Lipinski definition) is 6. The van der Waals surface area contributed by atoms with Gasteiger partial charge in [-0.05, 0) is 137 Å². The molecule has 0 aromatic heterocycles. The molecule has 7 unspecified atom stereocenters. The van der Waals surface area contributed by atoms with Crippen molar-refractivity contribution in [3.8, 4) is 0 Å². The molecule has 1 aliphatic heterocycles. The fourth-order valence-electron chi connectivity index (χ4n) is 12.4. The van der Waals surface area contributed by atoms with Crippen LogP contribution in [0.1, 0.15) is 125 Å².